The van der Waals surface area contributed by atoms with Crippen molar-refractivity contribution in [2.75, 3.05) is 20.1 Å². The van der Waals surface area contributed by atoms with Gasteiger partial charge in [0.05, 0.1) is 0 Å². The molecule has 8 nitrogen and oxygen atoms in total. The molecule has 2 aromatic rings. The third kappa shape index (κ3) is 3.73. The second-order valence-corrected chi connectivity index (χ2v) is 8.03. The molecule has 3 rings (SSSR count). The topological polar surface area (TPSA) is 102 Å². The van der Waals surface area contributed by atoms with Gasteiger partial charge in [-0.05, 0) is 5.56 Å². The van der Waals surface area contributed by atoms with E-state index in [1.807, 2.05) is 30.3 Å². The number of hydrogen-bond donors (Lipinski definition) is 1. The number of carbonyl (C=O) groups is 1. The smallest absolute Gasteiger partial charge is 0.282 e. The molecule has 0 radical (unpaired) electrons. The summed E-state index contributed by atoms with van der Waals surface area (Å²) in [4.78, 5) is 15.4. The SMILES string of the molecule is CN(Cc1ccccc1)S(=O)(=O)N1CCc2nc(C(N)=O)cn2CC1. The second kappa shape index (κ2) is 6.95. The Kier molecular flexibility index (Phi) is 4.89. The number of primary amides is 1. The average molecular weight is 363 g/mol. The van der Waals surface area contributed by atoms with Gasteiger partial charge in [0.2, 0.25) is 0 Å². The lowest BCUT2D eigenvalue weighted by Crippen LogP contribution is -2.43. The maximum Gasteiger partial charge on any atom is 0.282 e. The molecular formula is C16H21N5O3S. The number of carbonyl (C=O) groups excluding carboxylic acids is 1. The minimum atomic E-state index is -3.57. The van der Waals surface area contributed by atoms with E-state index < -0.39 is 16.1 Å². The molecule has 0 aliphatic carbocycles. The predicted molar refractivity (Wildman–Crippen MR) is 92.9 cm³/mol. The third-order valence-corrected chi connectivity index (χ3v) is 6.19. The van der Waals surface area contributed by atoms with Crippen LogP contribution in [0.1, 0.15) is 21.9 Å². The predicted octanol–water partition coefficient (Wildman–Crippen LogP) is 0.217. The first-order valence-electron chi connectivity index (χ1n) is 7.99. The standard InChI is InChI=1S/C16H21N5O3S/c1-19(11-13-5-3-2-4-6-13)25(23,24)21-8-7-15-18-14(16(17)22)12-20(15)9-10-21/h2-6,12H,7-11H2,1H3,(H2,17,22). The van der Waals surface area contributed by atoms with Crippen molar-refractivity contribution in [3.05, 3.63) is 53.6 Å². The van der Waals surface area contributed by atoms with Gasteiger partial charge in [-0.25, -0.2) is 4.98 Å². The van der Waals surface area contributed by atoms with Crippen LogP contribution in [0.5, 0.6) is 0 Å². The Bertz CT molecular complexity index is 838. The number of nitrogens with two attached hydrogens (primary N) is 1. The van der Waals surface area contributed by atoms with Crippen LogP contribution in [0.4, 0.5) is 0 Å². The zero-order valence-electron chi connectivity index (χ0n) is 14.0. The van der Waals surface area contributed by atoms with Gasteiger partial charge in [-0.3, -0.25) is 4.79 Å². The fourth-order valence-corrected chi connectivity index (χ4v) is 4.21. The normalized spacial score (nSPS) is 15.8. The highest BCUT2D eigenvalue weighted by molar-refractivity contribution is 7.86. The second-order valence-electron chi connectivity index (χ2n) is 6.00. The molecule has 9 heteroatoms. The highest BCUT2D eigenvalue weighted by Gasteiger charge is 2.29. The summed E-state index contributed by atoms with van der Waals surface area (Å²) in [5.41, 5.74) is 6.39. The molecule has 0 fully saturated rings. The summed E-state index contributed by atoms with van der Waals surface area (Å²) in [6.07, 6.45) is 2.02. The quantitative estimate of drug-likeness (QED) is 0.821. The summed E-state index contributed by atoms with van der Waals surface area (Å²) >= 11 is 0. The summed E-state index contributed by atoms with van der Waals surface area (Å²) in [6, 6.07) is 9.47. The first kappa shape index (κ1) is 17.6. The van der Waals surface area contributed by atoms with Crippen molar-refractivity contribution >= 4 is 16.1 Å². The summed E-state index contributed by atoms with van der Waals surface area (Å²) in [5, 5.41) is 0. The number of nitrogens with zero attached hydrogens (tertiary/aromatic N) is 4. The lowest BCUT2D eigenvalue weighted by atomic mass is 10.2. The Labute approximate surface area is 147 Å². The summed E-state index contributed by atoms with van der Waals surface area (Å²) in [6.45, 7) is 1.39. The number of hydrogen-bond acceptors (Lipinski definition) is 4. The molecule has 0 atom stereocenters. The molecule has 2 heterocycles. The first-order valence-corrected chi connectivity index (χ1v) is 9.39. The van der Waals surface area contributed by atoms with Crippen molar-refractivity contribution < 1.29 is 13.2 Å². The zero-order valence-corrected chi connectivity index (χ0v) is 14.8. The van der Waals surface area contributed by atoms with Gasteiger partial charge in [0.25, 0.3) is 16.1 Å². The van der Waals surface area contributed by atoms with Crippen molar-refractivity contribution in [1.29, 1.82) is 0 Å². The maximum atomic E-state index is 12.8. The van der Waals surface area contributed by atoms with Crippen LogP contribution in [-0.4, -0.2) is 52.6 Å². The van der Waals surface area contributed by atoms with E-state index in [1.165, 1.54) is 8.61 Å². The van der Waals surface area contributed by atoms with Crippen LogP contribution in [0.2, 0.25) is 0 Å². The maximum absolute atomic E-state index is 12.8. The molecule has 2 N–H and O–H groups in total. The van der Waals surface area contributed by atoms with E-state index >= 15 is 0 Å². The third-order valence-electron chi connectivity index (χ3n) is 4.25. The highest BCUT2D eigenvalue weighted by Crippen LogP contribution is 2.16. The summed E-state index contributed by atoms with van der Waals surface area (Å²) in [5.74, 6) is 0.102. The summed E-state index contributed by atoms with van der Waals surface area (Å²) in [7, 11) is -1.99. The van der Waals surface area contributed by atoms with Crippen molar-refractivity contribution in [2.45, 2.75) is 19.5 Å². The van der Waals surface area contributed by atoms with Gasteiger partial charge in [-0.15, -0.1) is 0 Å². The van der Waals surface area contributed by atoms with Crippen molar-refractivity contribution in [1.82, 2.24) is 18.2 Å². The van der Waals surface area contributed by atoms with E-state index in [0.29, 0.717) is 38.4 Å². The molecule has 1 aliphatic heterocycles. The van der Waals surface area contributed by atoms with Crippen LogP contribution < -0.4 is 5.73 Å². The molecule has 0 saturated carbocycles. The highest BCUT2D eigenvalue weighted by atomic mass is 32.2. The fraction of sp³-hybridized carbons (Fsp3) is 0.375. The van der Waals surface area contributed by atoms with Gasteiger partial charge in [0.1, 0.15) is 11.5 Å². The molecule has 0 unspecified atom stereocenters. The van der Waals surface area contributed by atoms with E-state index in [-0.39, 0.29) is 5.69 Å². The zero-order chi connectivity index (χ0) is 18.0. The first-order chi connectivity index (χ1) is 11.9. The molecule has 1 amide bonds. The van der Waals surface area contributed by atoms with E-state index in [2.05, 4.69) is 4.98 Å². The Morgan fingerprint density at radius 2 is 1.96 bits per heavy atom. The largest absolute Gasteiger partial charge is 0.364 e. The Hall–Kier alpha value is -2.23. The van der Waals surface area contributed by atoms with Gasteiger partial charge in [0.15, 0.2) is 0 Å². The van der Waals surface area contributed by atoms with E-state index in [1.54, 1.807) is 17.8 Å². The minimum absolute atomic E-state index is 0.215. The van der Waals surface area contributed by atoms with Crippen molar-refractivity contribution in [2.24, 2.45) is 5.73 Å². The summed E-state index contributed by atoms with van der Waals surface area (Å²) < 4.78 is 30.3. The van der Waals surface area contributed by atoms with Gasteiger partial charge in [-0.2, -0.15) is 17.0 Å². The van der Waals surface area contributed by atoms with Gasteiger partial charge < -0.3 is 10.3 Å². The van der Waals surface area contributed by atoms with Crippen molar-refractivity contribution in [3.63, 3.8) is 0 Å². The van der Waals surface area contributed by atoms with Gasteiger partial charge >= 0.3 is 0 Å². The van der Waals surface area contributed by atoms with Crippen LogP contribution >= 0.6 is 0 Å². The number of fused-ring (bicyclic) bond motifs is 1. The number of aromatic nitrogens is 2. The van der Waals surface area contributed by atoms with Gasteiger partial charge in [-0.1, -0.05) is 30.3 Å². The van der Waals surface area contributed by atoms with Gasteiger partial charge in [0, 0.05) is 45.8 Å². The van der Waals surface area contributed by atoms with Crippen LogP contribution in [0.15, 0.2) is 36.5 Å². The molecule has 0 saturated heterocycles. The lowest BCUT2D eigenvalue weighted by Gasteiger charge is -2.26. The average Bonchev–Trinajstić information content (AvgIpc) is 2.89. The van der Waals surface area contributed by atoms with Crippen LogP contribution in [-0.2, 0) is 29.7 Å². The van der Waals surface area contributed by atoms with E-state index in [0.717, 1.165) is 5.56 Å². The van der Waals surface area contributed by atoms with Crippen LogP contribution in [0.3, 0.4) is 0 Å². The molecule has 134 valence electrons. The van der Waals surface area contributed by atoms with Crippen molar-refractivity contribution in [3.8, 4) is 0 Å². The molecule has 1 aromatic carbocycles. The Balaban J connectivity index is 1.71. The fourth-order valence-electron chi connectivity index (χ4n) is 2.87. The molecule has 0 spiro atoms. The number of rotatable bonds is 5. The minimum Gasteiger partial charge on any atom is -0.364 e. The lowest BCUT2D eigenvalue weighted by molar-refractivity contribution is 0.0995. The van der Waals surface area contributed by atoms with Crippen LogP contribution in [0, 0.1) is 0 Å². The monoisotopic (exact) mass is 363 g/mol. The number of imidazole rings is 1. The van der Waals surface area contributed by atoms with Crippen LogP contribution in [0.25, 0.3) is 0 Å². The molecule has 1 aliphatic rings. The Morgan fingerprint density at radius 3 is 2.64 bits per heavy atom. The molecular weight excluding hydrogens is 342 g/mol. The molecule has 25 heavy (non-hydrogen) atoms. The van der Waals surface area contributed by atoms with E-state index in [9.17, 15) is 13.2 Å². The number of benzene rings is 1. The molecule has 0 bridgehead atoms. The Morgan fingerprint density at radius 1 is 1.24 bits per heavy atom. The van der Waals surface area contributed by atoms with E-state index in [4.69, 9.17) is 5.73 Å². The number of amides is 1. The molecule has 1 aromatic heterocycles.